The first-order valence-corrected chi connectivity index (χ1v) is 11.5. The molecule has 0 spiro atoms. The van der Waals surface area contributed by atoms with Gasteiger partial charge >= 0.3 is 0 Å². The van der Waals surface area contributed by atoms with Crippen molar-refractivity contribution in [3.63, 3.8) is 0 Å². The lowest BCUT2D eigenvalue weighted by atomic mass is 9.95. The van der Waals surface area contributed by atoms with E-state index in [1.165, 1.54) is 30.8 Å². The van der Waals surface area contributed by atoms with E-state index in [2.05, 4.69) is 14.7 Å². The van der Waals surface area contributed by atoms with Gasteiger partial charge in [0, 0.05) is 29.6 Å². The van der Waals surface area contributed by atoms with Crippen LogP contribution in [0.25, 0.3) is 0 Å². The maximum absolute atomic E-state index is 12.6. The highest BCUT2D eigenvalue weighted by Crippen LogP contribution is 2.33. The first-order valence-electron chi connectivity index (χ1n) is 10.8. The van der Waals surface area contributed by atoms with Gasteiger partial charge in [0.15, 0.2) is 17.3 Å². The fourth-order valence-electron chi connectivity index (χ4n) is 3.82. The molecule has 1 fully saturated rings. The summed E-state index contributed by atoms with van der Waals surface area (Å²) in [5, 5.41) is 3.54. The van der Waals surface area contributed by atoms with Gasteiger partial charge in [-0.1, -0.05) is 31.4 Å². The second-order valence-corrected chi connectivity index (χ2v) is 8.50. The normalized spacial score (nSPS) is 14.1. The number of aromatic nitrogens is 2. The lowest BCUT2D eigenvalue weighted by Crippen LogP contribution is -2.36. The molecule has 8 heteroatoms. The van der Waals surface area contributed by atoms with Gasteiger partial charge in [0.1, 0.15) is 5.75 Å². The molecule has 4 rings (SSSR count). The summed E-state index contributed by atoms with van der Waals surface area (Å²) < 4.78 is 21.0. The molecular weight excluding hydrogens is 426 g/mol. The summed E-state index contributed by atoms with van der Waals surface area (Å²) in [7, 11) is 3.20. The molecule has 7 nitrogen and oxygen atoms in total. The van der Waals surface area contributed by atoms with Crippen molar-refractivity contribution < 1.29 is 19.0 Å². The van der Waals surface area contributed by atoms with Crippen LogP contribution in [-0.2, 0) is 6.42 Å². The molecule has 0 saturated heterocycles. The van der Waals surface area contributed by atoms with Gasteiger partial charge in [-0.15, -0.1) is 0 Å². The predicted octanol–water partition coefficient (Wildman–Crippen LogP) is 5.00. The van der Waals surface area contributed by atoms with E-state index in [4.69, 9.17) is 14.2 Å². The first kappa shape index (κ1) is 22.1. The van der Waals surface area contributed by atoms with Crippen LogP contribution in [0.4, 0.5) is 0 Å². The lowest BCUT2D eigenvalue weighted by molar-refractivity contribution is 0.0927. The number of ether oxygens (including phenoxy) is 3. The highest BCUT2D eigenvalue weighted by atomic mass is 32.1. The molecule has 168 valence electrons. The van der Waals surface area contributed by atoms with Gasteiger partial charge in [0.2, 0.25) is 0 Å². The van der Waals surface area contributed by atoms with Crippen molar-refractivity contribution in [1.82, 2.24) is 14.7 Å². The van der Waals surface area contributed by atoms with Crippen LogP contribution in [0, 0.1) is 0 Å². The molecule has 0 unspecified atom stereocenters. The van der Waals surface area contributed by atoms with Crippen molar-refractivity contribution >= 4 is 17.4 Å². The second kappa shape index (κ2) is 10.5. The van der Waals surface area contributed by atoms with E-state index in [1.54, 1.807) is 32.4 Å². The van der Waals surface area contributed by atoms with Gasteiger partial charge < -0.3 is 19.5 Å². The predicted molar refractivity (Wildman–Crippen MR) is 123 cm³/mol. The minimum absolute atomic E-state index is 0.0850. The second-order valence-electron chi connectivity index (χ2n) is 7.78. The van der Waals surface area contributed by atoms with Crippen molar-refractivity contribution in [2.24, 2.45) is 0 Å². The van der Waals surface area contributed by atoms with Gasteiger partial charge in [-0.25, -0.2) is 0 Å². The summed E-state index contributed by atoms with van der Waals surface area (Å²) in [6, 6.07) is 13.2. The van der Waals surface area contributed by atoms with Crippen molar-refractivity contribution in [3.05, 3.63) is 59.4 Å². The molecule has 1 aromatic heterocycles. The van der Waals surface area contributed by atoms with Gasteiger partial charge in [-0.2, -0.15) is 9.36 Å². The highest BCUT2D eigenvalue weighted by Gasteiger charge is 2.18. The van der Waals surface area contributed by atoms with Crippen LogP contribution in [0.5, 0.6) is 22.4 Å². The number of amides is 1. The van der Waals surface area contributed by atoms with Crippen molar-refractivity contribution in [1.29, 1.82) is 0 Å². The monoisotopic (exact) mass is 453 g/mol. The molecule has 0 radical (unpaired) electrons. The Balaban J connectivity index is 1.42. The van der Waals surface area contributed by atoms with Crippen molar-refractivity contribution in [2.45, 2.75) is 44.6 Å². The van der Waals surface area contributed by atoms with Gasteiger partial charge in [-0.3, -0.25) is 4.79 Å². The number of hydrogen-bond acceptors (Lipinski definition) is 7. The Kier molecular flexibility index (Phi) is 7.21. The number of nitrogens with zero attached hydrogens (tertiary/aromatic N) is 2. The summed E-state index contributed by atoms with van der Waals surface area (Å²) in [5.41, 5.74) is 1.61. The van der Waals surface area contributed by atoms with Crippen molar-refractivity contribution in [2.75, 3.05) is 14.2 Å². The minimum atomic E-state index is -0.0850. The van der Waals surface area contributed by atoms with E-state index in [1.807, 2.05) is 24.3 Å². The SMILES string of the molecule is COc1cccc(Cc2nsc(Oc3ccc(C(=O)NC4CCCCC4)cc3OC)n2)c1. The van der Waals surface area contributed by atoms with Crippen LogP contribution in [0.3, 0.4) is 0 Å². The maximum Gasteiger partial charge on any atom is 0.298 e. The summed E-state index contributed by atoms with van der Waals surface area (Å²) in [6.07, 6.45) is 6.25. The Hall–Kier alpha value is -3.13. The molecule has 1 aliphatic rings. The molecule has 1 heterocycles. The van der Waals surface area contributed by atoms with Gasteiger partial charge in [0.05, 0.1) is 14.2 Å². The summed E-state index contributed by atoms with van der Waals surface area (Å²) in [6.45, 7) is 0. The van der Waals surface area contributed by atoms with E-state index < -0.39 is 0 Å². The third-order valence-electron chi connectivity index (χ3n) is 5.51. The fourth-order valence-corrected chi connectivity index (χ4v) is 4.38. The molecule has 1 aliphatic carbocycles. The molecule has 3 aromatic rings. The number of carbonyl (C=O) groups is 1. The van der Waals surface area contributed by atoms with Crippen LogP contribution in [0.15, 0.2) is 42.5 Å². The summed E-state index contributed by atoms with van der Waals surface area (Å²) in [5.74, 6) is 2.35. The average Bonchev–Trinajstić information content (AvgIpc) is 3.26. The van der Waals surface area contributed by atoms with E-state index in [0.717, 1.165) is 24.2 Å². The standard InChI is InChI=1S/C24H27N3O4S/c1-29-19-10-6-7-16(13-19)14-22-26-24(32-27-22)31-20-12-11-17(15-21(20)30-2)23(28)25-18-8-4-3-5-9-18/h6-7,10-13,15,18H,3-5,8-9,14H2,1-2H3,(H,25,28). The molecular formula is C24H27N3O4S. The molecule has 1 N–H and O–H groups in total. The maximum atomic E-state index is 12.6. The molecule has 32 heavy (non-hydrogen) atoms. The van der Waals surface area contributed by atoms with E-state index in [9.17, 15) is 4.79 Å². The zero-order valence-electron chi connectivity index (χ0n) is 18.3. The molecule has 0 bridgehead atoms. The Labute approximate surface area is 191 Å². The molecule has 2 aromatic carbocycles. The zero-order valence-corrected chi connectivity index (χ0v) is 19.1. The third-order valence-corrected chi connectivity index (χ3v) is 6.14. The van der Waals surface area contributed by atoms with Gasteiger partial charge in [0.25, 0.3) is 11.1 Å². The van der Waals surface area contributed by atoms with Crippen LogP contribution < -0.4 is 19.5 Å². The van der Waals surface area contributed by atoms with Crippen LogP contribution >= 0.6 is 11.5 Å². The van der Waals surface area contributed by atoms with Gasteiger partial charge in [-0.05, 0) is 48.7 Å². The third kappa shape index (κ3) is 5.56. The van der Waals surface area contributed by atoms with Crippen LogP contribution in [0.2, 0.25) is 0 Å². The number of benzene rings is 2. The Bertz CT molecular complexity index is 1060. The van der Waals surface area contributed by atoms with E-state index in [-0.39, 0.29) is 11.9 Å². The Morgan fingerprint density at radius 3 is 2.69 bits per heavy atom. The number of carbonyl (C=O) groups excluding carboxylic acids is 1. The zero-order chi connectivity index (χ0) is 22.3. The molecule has 1 amide bonds. The number of methoxy groups -OCH3 is 2. The van der Waals surface area contributed by atoms with E-state index in [0.29, 0.717) is 34.5 Å². The highest BCUT2D eigenvalue weighted by molar-refractivity contribution is 7.07. The number of nitrogens with one attached hydrogen (secondary N) is 1. The molecule has 0 aliphatic heterocycles. The van der Waals surface area contributed by atoms with Crippen LogP contribution in [0.1, 0.15) is 53.8 Å². The number of rotatable bonds is 8. The smallest absolute Gasteiger partial charge is 0.298 e. The topological polar surface area (TPSA) is 82.6 Å². The van der Waals surface area contributed by atoms with E-state index >= 15 is 0 Å². The fraction of sp³-hybridized carbons (Fsp3) is 0.375. The largest absolute Gasteiger partial charge is 0.497 e. The number of hydrogen-bond donors (Lipinski definition) is 1. The quantitative estimate of drug-likeness (QED) is 0.517. The first-order chi connectivity index (χ1) is 15.6. The lowest BCUT2D eigenvalue weighted by Gasteiger charge is -2.22. The van der Waals surface area contributed by atoms with Crippen molar-refractivity contribution in [3.8, 4) is 22.4 Å². The Morgan fingerprint density at radius 2 is 1.91 bits per heavy atom. The summed E-state index contributed by atoms with van der Waals surface area (Å²) in [4.78, 5) is 17.1. The summed E-state index contributed by atoms with van der Waals surface area (Å²) >= 11 is 1.18. The molecule has 1 saturated carbocycles. The molecule has 0 atom stereocenters. The minimum Gasteiger partial charge on any atom is -0.497 e. The average molecular weight is 454 g/mol. The van der Waals surface area contributed by atoms with Crippen LogP contribution in [-0.4, -0.2) is 35.5 Å². The Morgan fingerprint density at radius 1 is 1.06 bits per heavy atom.